The summed E-state index contributed by atoms with van der Waals surface area (Å²) in [5, 5.41) is 0. The molecule has 0 spiro atoms. The lowest BCUT2D eigenvalue weighted by atomic mass is 10.3. The third-order valence-electron chi connectivity index (χ3n) is 4.62. The number of nitrogens with one attached hydrogen (secondary N) is 1. The maximum atomic E-state index is 12.6. The number of nitrogens with zero attached hydrogens (tertiary/aromatic N) is 3. The Labute approximate surface area is 160 Å². The molecule has 1 aliphatic heterocycles. The monoisotopic (exact) mass is 388 g/mol. The maximum Gasteiger partial charge on any atom is 0.261 e. The SMILES string of the molecule is CCN(CC)c1ccc(NS(=O)(=O)c2ccc(N3CCCC3=O)cc2)cn1. The molecule has 1 aromatic carbocycles. The summed E-state index contributed by atoms with van der Waals surface area (Å²) in [7, 11) is -3.72. The molecule has 27 heavy (non-hydrogen) atoms. The molecule has 0 radical (unpaired) electrons. The summed E-state index contributed by atoms with van der Waals surface area (Å²) in [5.74, 6) is 0.880. The van der Waals surface area contributed by atoms with E-state index in [0.717, 1.165) is 31.0 Å². The lowest BCUT2D eigenvalue weighted by Gasteiger charge is -2.19. The van der Waals surface area contributed by atoms with Crippen LogP contribution in [-0.2, 0) is 14.8 Å². The number of pyridine rings is 1. The summed E-state index contributed by atoms with van der Waals surface area (Å²) in [6.45, 7) is 6.43. The van der Waals surface area contributed by atoms with Crippen molar-refractivity contribution in [2.75, 3.05) is 34.2 Å². The predicted octanol–water partition coefficient (Wildman–Crippen LogP) is 2.86. The molecule has 1 amide bonds. The first kappa shape index (κ1) is 19.2. The first-order chi connectivity index (χ1) is 12.9. The van der Waals surface area contributed by atoms with Crippen LogP contribution in [0.2, 0.25) is 0 Å². The first-order valence-electron chi connectivity index (χ1n) is 9.09. The average molecular weight is 388 g/mol. The minimum Gasteiger partial charge on any atom is -0.357 e. The fraction of sp³-hybridized carbons (Fsp3) is 0.368. The molecule has 1 aliphatic rings. The second kappa shape index (κ2) is 7.96. The maximum absolute atomic E-state index is 12.6. The zero-order valence-corrected chi connectivity index (χ0v) is 16.4. The number of sulfonamides is 1. The number of aromatic nitrogens is 1. The topological polar surface area (TPSA) is 82.6 Å². The fourth-order valence-corrected chi connectivity index (χ4v) is 4.16. The van der Waals surface area contributed by atoms with Gasteiger partial charge >= 0.3 is 0 Å². The van der Waals surface area contributed by atoms with Crippen LogP contribution >= 0.6 is 0 Å². The zero-order valence-electron chi connectivity index (χ0n) is 15.6. The smallest absolute Gasteiger partial charge is 0.261 e. The molecule has 7 nitrogen and oxygen atoms in total. The molecule has 3 rings (SSSR count). The molecule has 1 N–H and O–H groups in total. The van der Waals surface area contributed by atoms with E-state index in [1.165, 1.54) is 18.3 Å². The molecule has 2 aromatic rings. The Morgan fingerprint density at radius 1 is 1.11 bits per heavy atom. The van der Waals surface area contributed by atoms with E-state index in [2.05, 4.69) is 14.6 Å². The normalized spacial score (nSPS) is 14.4. The van der Waals surface area contributed by atoms with Crippen molar-refractivity contribution in [3.05, 3.63) is 42.6 Å². The van der Waals surface area contributed by atoms with Crippen LogP contribution in [0.1, 0.15) is 26.7 Å². The van der Waals surface area contributed by atoms with Gasteiger partial charge in [0.05, 0.1) is 16.8 Å². The van der Waals surface area contributed by atoms with Crippen molar-refractivity contribution in [1.29, 1.82) is 0 Å². The molecule has 144 valence electrons. The van der Waals surface area contributed by atoms with Gasteiger partial charge in [0.2, 0.25) is 5.91 Å². The lowest BCUT2D eigenvalue weighted by Crippen LogP contribution is -2.23. The lowest BCUT2D eigenvalue weighted by molar-refractivity contribution is -0.117. The van der Waals surface area contributed by atoms with Crippen molar-refractivity contribution >= 4 is 33.1 Å². The minimum absolute atomic E-state index is 0.0723. The third-order valence-corrected chi connectivity index (χ3v) is 6.02. The number of anilines is 3. The van der Waals surface area contributed by atoms with Crippen molar-refractivity contribution < 1.29 is 13.2 Å². The average Bonchev–Trinajstić information content (AvgIpc) is 3.10. The van der Waals surface area contributed by atoms with Crippen molar-refractivity contribution in [3.8, 4) is 0 Å². The number of benzene rings is 1. The van der Waals surface area contributed by atoms with Crippen LogP contribution in [0.25, 0.3) is 0 Å². The first-order valence-corrected chi connectivity index (χ1v) is 10.6. The van der Waals surface area contributed by atoms with Gasteiger partial charge in [-0.05, 0) is 56.7 Å². The number of rotatable bonds is 7. The Morgan fingerprint density at radius 2 is 1.81 bits per heavy atom. The van der Waals surface area contributed by atoms with E-state index in [4.69, 9.17) is 0 Å². The molecule has 1 aromatic heterocycles. The highest BCUT2D eigenvalue weighted by Crippen LogP contribution is 2.24. The van der Waals surface area contributed by atoms with Crippen LogP contribution in [0.5, 0.6) is 0 Å². The van der Waals surface area contributed by atoms with E-state index in [1.54, 1.807) is 29.2 Å². The summed E-state index contributed by atoms with van der Waals surface area (Å²) in [4.78, 5) is 20.0. The number of carbonyl (C=O) groups excluding carboxylic acids is 1. The second-order valence-corrected chi connectivity index (χ2v) is 8.01. The van der Waals surface area contributed by atoms with Gasteiger partial charge in [-0.1, -0.05) is 0 Å². The van der Waals surface area contributed by atoms with Gasteiger partial charge in [-0.2, -0.15) is 0 Å². The van der Waals surface area contributed by atoms with Gasteiger partial charge in [0.25, 0.3) is 10.0 Å². The fourth-order valence-electron chi connectivity index (χ4n) is 3.12. The molecule has 8 heteroatoms. The van der Waals surface area contributed by atoms with Crippen molar-refractivity contribution in [3.63, 3.8) is 0 Å². The Kier molecular flexibility index (Phi) is 5.65. The van der Waals surface area contributed by atoms with E-state index >= 15 is 0 Å². The number of amides is 1. The molecule has 0 aliphatic carbocycles. The van der Waals surface area contributed by atoms with Gasteiger partial charge in [-0.15, -0.1) is 0 Å². The van der Waals surface area contributed by atoms with Gasteiger partial charge in [0.15, 0.2) is 0 Å². The molecular formula is C19H24N4O3S. The van der Waals surface area contributed by atoms with Crippen LogP contribution in [0, 0.1) is 0 Å². The highest BCUT2D eigenvalue weighted by Gasteiger charge is 2.22. The van der Waals surface area contributed by atoms with E-state index in [-0.39, 0.29) is 10.8 Å². The predicted molar refractivity (Wildman–Crippen MR) is 107 cm³/mol. The van der Waals surface area contributed by atoms with Gasteiger partial charge < -0.3 is 9.80 Å². The summed E-state index contributed by atoms with van der Waals surface area (Å²) in [6, 6.07) is 9.86. The largest absolute Gasteiger partial charge is 0.357 e. The van der Waals surface area contributed by atoms with Gasteiger partial charge in [0.1, 0.15) is 5.82 Å². The van der Waals surface area contributed by atoms with Crippen molar-refractivity contribution in [1.82, 2.24) is 4.98 Å². The van der Waals surface area contributed by atoms with E-state index in [1.807, 2.05) is 13.8 Å². The molecule has 0 atom stereocenters. The molecule has 1 fully saturated rings. The zero-order chi connectivity index (χ0) is 19.4. The standard InChI is InChI=1S/C19H24N4O3S/c1-3-22(4-2)18-12-7-15(14-20-18)21-27(25,26)17-10-8-16(9-11-17)23-13-5-6-19(23)24/h7-12,14,21H,3-6,13H2,1-2H3. The van der Waals surface area contributed by atoms with Crippen LogP contribution in [0.3, 0.4) is 0 Å². The van der Waals surface area contributed by atoms with Crippen molar-refractivity contribution in [2.24, 2.45) is 0 Å². The summed E-state index contributed by atoms with van der Waals surface area (Å²) in [6.07, 6.45) is 2.89. The number of carbonyl (C=O) groups is 1. The van der Waals surface area contributed by atoms with Gasteiger partial charge in [-0.25, -0.2) is 13.4 Å². The summed E-state index contributed by atoms with van der Waals surface area (Å²) in [5.41, 5.74) is 1.13. The second-order valence-electron chi connectivity index (χ2n) is 6.33. The molecular weight excluding hydrogens is 364 g/mol. The quantitative estimate of drug-likeness (QED) is 0.789. The Bertz CT molecular complexity index is 892. The number of hydrogen-bond donors (Lipinski definition) is 1. The van der Waals surface area contributed by atoms with Crippen LogP contribution in [0.4, 0.5) is 17.2 Å². The van der Waals surface area contributed by atoms with E-state index in [0.29, 0.717) is 18.7 Å². The van der Waals surface area contributed by atoms with Gasteiger partial charge in [0, 0.05) is 31.7 Å². The van der Waals surface area contributed by atoms with E-state index in [9.17, 15) is 13.2 Å². The van der Waals surface area contributed by atoms with Crippen LogP contribution < -0.4 is 14.5 Å². The van der Waals surface area contributed by atoms with E-state index < -0.39 is 10.0 Å². The van der Waals surface area contributed by atoms with Crippen molar-refractivity contribution in [2.45, 2.75) is 31.6 Å². The van der Waals surface area contributed by atoms with Crippen LogP contribution in [0.15, 0.2) is 47.5 Å². The highest BCUT2D eigenvalue weighted by molar-refractivity contribution is 7.92. The molecule has 0 bridgehead atoms. The Hall–Kier alpha value is -2.61. The number of hydrogen-bond acceptors (Lipinski definition) is 5. The molecule has 0 saturated carbocycles. The Balaban J connectivity index is 1.73. The summed E-state index contributed by atoms with van der Waals surface area (Å²) >= 11 is 0. The molecule has 1 saturated heterocycles. The van der Waals surface area contributed by atoms with Gasteiger partial charge in [-0.3, -0.25) is 9.52 Å². The minimum atomic E-state index is -3.72. The van der Waals surface area contributed by atoms with Crippen LogP contribution in [-0.4, -0.2) is 38.9 Å². The third kappa shape index (κ3) is 4.21. The highest BCUT2D eigenvalue weighted by atomic mass is 32.2. The molecule has 2 heterocycles. The molecule has 0 unspecified atom stereocenters. The Morgan fingerprint density at radius 3 is 2.33 bits per heavy atom. The summed E-state index contributed by atoms with van der Waals surface area (Å²) < 4.78 is 27.7.